The molecule has 2 saturated heterocycles. The van der Waals surface area contributed by atoms with Crippen molar-refractivity contribution >= 4 is 18.0 Å². The number of esters is 2. The van der Waals surface area contributed by atoms with Gasteiger partial charge < -0.3 is 19.9 Å². The number of hydrogen-bond donors (Lipinski definition) is 1. The van der Waals surface area contributed by atoms with Crippen molar-refractivity contribution in [1.82, 2.24) is 0 Å². The number of carbonyl (C=O) groups is 2. The minimum atomic E-state index is -0.762. The van der Waals surface area contributed by atoms with Gasteiger partial charge in [0.25, 0.3) is 0 Å². The van der Waals surface area contributed by atoms with E-state index in [1.807, 2.05) is 37.3 Å². The van der Waals surface area contributed by atoms with Crippen LogP contribution < -0.4 is 5.73 Å². The van der Waals surface area contributed by atoms with Crippen LogP contribution in [0.3, 0.4) is 0 Å². The van der Waals surface area contributed by atoms with Crippen LogP contribution in [-0.4, -0.2) is 41.9 Å². The minimum Gasteiger partial charge on any atom is -0.458 e. The molecule has 1 aliphatic carbocycles. The Morgan fingerprint density at radius 1 is 1.25 bits per heavy atom. The summed E-state index contributed by atoms with van der Waals surface area (Å²) in [6, 6.07) is 9.64. The number of rotatable bonds is 6. The zero-order chi connectivity index (χ0) is 23.1. The van der Waals surface area contributed by atoms with Crippen molar-refractivity contribution in [3.63, 3.8) is 0 Å². The number of nitrogens with two attached hydrogens (primary N) is 1. The van der Waals surface area contributed by atoms with Crippen LogP contribution in [0.5, 0.6) is 0 Å². The molecule has 32 heavy (non-hydrogen) atoms. The summed E-state index contributed by atoms with van der Waals surface area (Å²) in [6.07, 6.45) is 4.55. The Bertz CT molecular complexity index is 952. The van der Waals surface area contributed by atoms with Gasteiger partial charge in [-0.3, -0.25) is 4.79 Å². The fraction of sp³-hybridized carbons (Fsp3) is 0.538. The fourth-order valence-electron chi connectivity index (χ4n) is 5.76. The van der Waals surface area contributed by atoms with Gasteiger partial charge in [0, 0.05) is 18.4 Å². The van der Waals surface area contributed by atoms with Crippen LogP contribution in [0.15, 0.2) is 47.6 Å². The number of allylic oxidation sites excluding steroid dienone is 1. The summed E-state index contributed by atoms with van der Waals surface area (Å²) in [7, 11) is 0. The third kappa shape index (κ3) is 3.69. The second-order valence-corrected chi connectivity index (χ2v) is 9.67. The molecule has 5 atom stereocenters. The van der Waals surface area contributed by atoms with Crippen molar-refractivity contribution in [2.75, 3.05) is 6.54 Å². The Morgan fingerprint density at radius 3 is 2.62 bits per heavy atom. The van der Waals surface area contributed by atoms with Crippen LogP contribution in [0.4, 0.5) is 0 Å². The largest absolute Gasteiger partial charge is 0.458 e. The first kappa shape index (κ1) is 22.7. The Hall–Kier alpha value is -2.44. The van der Waals surface area contributed by atoms with E-state index in [4.69, 9.17) is 19.9 Å². The molecule has 3 aliphatic rings. The number of hydrogen-bond acceptors (Lipinski definition) is 6. The van der Waals surface area contributed by atoms with E-state index in [2.05, 4.69) is 20.8 Å². The van der Waals surface area contributed by atoms with Crippen molar-refractivity contribution in [3.8, 4) is 0 Å². The molecule has 6 nitrogen and oxygen atoms in total. The van der Waals surface area contributed by atoms with E-state index < -0.39 is 35.3 Å². The average molecular weight is 440 g/mol. The van der Waals surface area contributed by atoms with E-state index in [0.717, 1.165) is 24.0 Å². The summed E-state index contributed by atoms with van der Waals surface area (Å²) < 4.78 is 18.7. The SMILES string of the molecule is CC1=C2[C@@H](CC1)[C@]1(C)O[C@@](C(C)C)(C[C@H]1OC(=O)CN)[C@H]2OC(=O)C=Cc1ccccc1. The maximum Gasteiger partial charge on any atom is 0.331 e. The van der Waals surface area contributed by atoms with Crippen molar-refractivity contribution < 1.29 is 23.8 Å². The van der Waals surface area contributed by atoms with Gasteiger partial charge in [0.15, 0.2) is 6.10 Å². The molecule has 0 radical (unpaired) electrons. The predicted octanol–water partition coefficient (Wildman–Crippen LogP) is 3.80. The lowest BCUT2D eigenvalue weighted by molar-refractivity contribution is -0.222. The normalized spacial score (nSPS) is 33.6. The van der Waals surface area contributed by atoms with E-state index in [-0.39, 0.29) is 18.4 Å². The monoisotopic (exact) mass is 439 g/mol. The Labute approximate surface area is 189 Å². The van der Waals surface area contributed by atoms with Crippen LogP contribution in [0.1, 0.15) is 52.5 Å². The summed E-state index contributed by atoms with van der Waals surface area (Å²) in [5.41, 5.74) is 7.41. The van der Waals surface area contributed by atoms with E-state index in [1.165, 1.54) is 11.6 Å². The molecule has 2 N–H and O–H groups in total. The fourth-order valence-corrected chi connectivity index (χ4v) is 5.76. The summed E-state index contributed by atoms with van der Waals surface area (Å²) in [5.74, 6) is -0.769. The second kappa shape index (κ2) is 8.49. The van der Waals surface area contributed by atoms with Crippen LogP contribution in [-0.2, 0) is 23.8 Å². The zero-order valence-corrected chi connectivity index (χ0v) is 19.3. The van der Waals surface area contributed by atoms with Gasteiger partial charge in [-0.2, -0.15) is 0 Å². The number of benzene rings is 1. The Balaban J connectivity index is 1.68. The van der Waals surface area contributed by atoms with Gasteiger partial charge in [0.1, 0.15) is 17.3 Å². The highest BCUT2D eigenvalue weighted by Crippen LogP contribution is 2.61. The first-order valence-electron chi connectivity index (χ1n) is 11.4. The molecular formula is C26H33NO5. The van der Waals surface area contributed by atoms with E-state index in [9.17, 15) is 9.59 Å². The number of carbonyl (C=O) groups excluding carboxylic acids is 2. The molecule has 0 unspecified atom stereocenters. The van der Waals surface area contributed by atoms with Crippen LogP contribution in [0.25, 0.3) is 6.08 Å². The summed E-state index contributed by atoms with van der Waals surface area (Å²) in [5, 5.41) is 0. The number of ether oxygens (including phenoxy) is 3. The minimum absolute atomic E-state index is 0.0309. The van der Waals surface area contributed by atoms with Gasteiger partial charge in [0.2, 0.25) is 0 Å². The molecule has 2 fully saturated rings. The lowest BCUT2D eigenvalue weighted by Crippen LogP contribution is -2.58. The van der Waals surface area contributed by atoms with Gasteiger partial charge in [0.05, 0.1) is 6.54 Å². The van der Waals surface area contributed by atoms with Gasteiger partial charge in [-0.05, 0) is 49.8 Å². The lowest BCUT2D eigenvalue weighted by atomic mass is 9.74. The van der Waals surface area contributed by atoms with Crippen molar-refractivity contribution in [2.24, 2.45) is 17.6 Å². The average Bonchev–Trinajstić information content (AvgIpc) is 3.28. The zero-order valence-electron chi connectivity index (χ0n) is 19.3. The van der Waals surface area contributed by atoms with Gasteiger partial charge in [-0.15, -0.1) is 0 Å². The molecule has 0 spiro atoms. The van der Waals surface area contributed by atoms with Crippen LogP contribution in [0, 0.1) is 11.8 Å². The van der Waals surface area contributed by atoms with Gasteiger partial charge in [-0.25, -0.2) is 4.79 Å². The first-order chi connectivity index (χ1) is 15.2. The van der Waals surface area contributed by atoms with E-state index in [0.29, 0.717) is 6.42 Å². The maximum atomic E-state index is 12.9. The van der Waals surface area contributed by atoms with Gasteiger partial charge in [-0.1, -0.05) is 49.8 Å². The van der Waals surface area contributed by atoms with Crippen molar-refractivity contribution in [3.05, 3.63) is 53.1 Å². The molecular weight excluding hydrogens is 406 g/mol. The highest BCUT2D eigenvalue weighted by Gasteiger charge is 2.70. The Morgan fingerprint density at radius 2 is 1.97 bits per heavy atom. The molecule has 0 saturated carbocycles. The van der Waals surface area contributed by atoms with Crippen molar-refractivity contribution in [1.29, 1.82) is 0 Å². The summed E-state index contributed by atoms with van der Waals surface area (Å²) in [4.78, 5) is 25.0. The summed E-state index contributed by atoms with van der Waals surface area (Å²) in [6.45, 7) is 8.11. The van der Waals surface area contributed by atoms with E-state index >= 15 is 0 Å². The standard InChI is InChI=1S/C26H33NO5/c1-16(2)26-14-20(30-22(29)15-27)25(4,32-26)19-12-10-17(3)23(19)24(26)31-21(28)13-11-18-8-6-5-7-9-18/h5-9,11,13,16,19-20,24H,10,12,14-15,27H2,1-4H3/t19-,20-,24+,25+,26-/m1/s1. The first-order valence-corrected chi connectivity index (χ1v) is 11.4. The van der Waals surface area contributed by atoms with Crippen LogP contribution in [0.2, 0.25) is 0 Å². The summed E-state index contributed by atoms with van der Waals surface area (Å²) >= 11 is 0. The third-order valence-corrected chi connectivity index (χ3v) is 7.51. The Kier molecular flexibility index (Phi) is 6.03. The quantitative estimate of drug-likeness (QED) is 0.412. The number of fused-ring (bicyclic) bond motifs is 4. The van der Waals surface area contributed by atoms with Crippen molar-refractivity contribution in [2.45, 2.75) is 70.4 Å². The molecule has 0 aromatic heterocycles. The highest BCUT2D eigenvalue weighted by molar-refractivity contribution is 5.87. The van der Waals surface area contributed by atoms with Crippen LogP contribution >= 0.6 is 0 Å². The topological polar surface area (TPSA) is 87.8 Å². The molecule has 1 aromatic carbocycles. The third-order valence-electron chi connectivity index (χ3n) is 7.51. The molecule has 1 aromatic rings. The molecule has 4 rings (SSSR count). The smallest absolute Gasteiger partial charge is 0.331 e. The van der Waals surface area contributed by atoms with E-state index in [1.54, 1.807) is 6.08 Å². The predicted molar refractivity (Wildman–Crippen MR) is 121 cm³/mol. The molecule has 0 amide bonds. The molecule has 172 valence electrons. The van der Waals surface area contributed by atoms with Gasteiger partial charge >= 0.3 is 11.9 Å². The molecule has 2 aliphatic heterocycles. The second-order valence-electron chi connectivity index (χ2n) is 9.67. The molecule has 2 heterocycles. The molecule has 2 bridgehead atoms. The molecule has 6 heteroatoms. The highest BCUT2D eigenvalue weighted by atomic mass is 16.6. The maximum absolute atomic E-state index is 12.9. The lowest BCUT2D eigenvalue weighted by Gasteiger charge is -2.50.